The van der Waals surface area contributed by atoms with Gasteiger partial charge >= 0.3 is 6.03 Å². The minimum atomic E-state index is -0.0924. The fraction of sp³-hybridized carbons (Fsp3) is 0.368. The maximum absolute atomic E-state index is 12.8. The second kappa shape index (κ2) is 7.01. The fourth-order valence-corrected chi connectivity index (χ4v) is 3.41. The number of aromatic nitrogens is 1. The Hall–Kier alpha value is -2.76. The van der Waals surface area contributed by atoms with E-state index in [0.717, 1.165) is 37.1 Å². The standard InChI is InChI=1S/C19H21N3O3/c23-19(21-15-6-7-17-18(12-15)25-11-10-24-17)22-9-2-1-5-16(22)14-4-3-8-20-13-14/h3-4,6-8,12-13,16H,1-2,5,9-11H2,(H,21,23). The number of hydrogen-bond acceptors (Lipinski definition) is 4. The van der Waals surface area contributed by atoms with E-state index in [1.54, 1.807) is 6.20 Å². The smallest absolute Gasteiger partial charge is 0.322 e. The van der Waals surface area contributed by atoms with Crippen LogP contribution >= 0.6 is 0 Å². The predicted octanol–water partition coefficient (Wildman–Crippen LogP) is 3.61. The van der Waals surface area contributed by atoms with Crippen molar-refractivity contribution in [1.82, 2.24) is 9.88 Å². The average Bonchev–Trinajstić information content (AvgIpc) is 2.68. The number of benzene rings is 1. The van der Waals surface area contributed by atoms with Gasteiger partial charge in [-0.25, -0.2) is 4.79 Å². The summed E-state index contributed by atoms with van der Waals surface area (Å²) in [4.78, 5) is 18.9. The summed E-state index contributed by atoms with van der Waals surface area (Å²) in [5.41, 5.74) is 1.80. The summed E-state index contributed by atoms with van der Waals surface area (Å²) in [6.07, 6.45) is 6.70. The van der Waals surface area contributed by atoms with Gasteiger partial charge in [0.2, 0.25) is 0 Å². The van der Waals surface area contributed by atoms with Gasteiger partial charge in [0.15, 0.2) is 11.5 Å². The van der Waals surface area contributed by atoms with Crippen LogP contribution in [0.3, 0.4) is 0 Å². The number of likely N-dealkylation sites (tertiary alicyclic amines) is 1. The molecule has 1 N–H and O–H groups in total. The molecule has 1 atom stereocenters. The van der Waals surface area contributed by atoms with E-state index in [0.29, 0.717) is 24.7 Å². The second-order valence-electron chi connectivity index (χ2n) is 6.28. The molecule has 0 bridgehead atoms. The van der Waals surface area contributed by atoms with Gasteiger partial charge in [-0.1, -0.05) is 6.07 Å². The lowest BCUT2D eigenvalue weighted by Gasteiger charge is -2.36. The van der Waals surface area contributed by atoms with Gasteiger partial charge in [-0.15, -0.1) is 0 Å². The molecule has 0 aliphatic carbocycles. The lowest BCUT2D eigenvalue weighted by molar-refractivity contribution is 0.163. The largest absolute Gasteiger partial charge is 0.486 e. The summed E-state index contributed by atoms with van der Waals surface area (Å²) >= 11 is 0. The van der Waals surface area contributed by atoms with Gasteiger partial charge in [0.25, 0.3) is 0 Å². The van der Waals surface area contributed by atoms with E-state index in [9.17, 15) is 4.79 Å². The highest BCUT2D eigenvalue weighted by atomic mass is 16.6. The van der Waals surface area contributed by atoms with Crippen LogP contribution in [-0.4, -0.2) is 35.7 Å². The number of piperidine rings is 1. The Balaban J connectivity index is 1.51. The second-order valence-corrected chi connectivity index (χ2v) is 6.28. The summed E-state index contributed by atoms with van der Waals surface area (Å²) in [6, 6.07) is 9.42. The zero-order chi connectivity index (χ0) is 17.1. The number of nitrogens with zero attached hydrogens (tertiary/aromatic N) is 2. The number of carbonyl (C=O) groups is 1. The number of carbonyl (C=O) groups excluding carboxylic acids is 1. The maximum Gasteiger partial charge on any atom is 0.322 e. The van der Waals surface area contributed by atoms with Gasteiger partial charge in [0.1, 0.15) is 13.2 Å². The van der Waals surface area contributed by atoms with E-state index in [-0.39, 0.29) is 12.1 Å². The monoisotopic (exact) mass is 339 g/mol. The number of ether oxygens (including phenoxy) is 2. The van der Waals surface area contributed by atoms with Crippen molar-refractivity contribution in [2.45, 2.75) is 25.3 Å². The quantitative estimate of drug-likeness (QED) is 0.908. The molecule has 0 radical (unpaired) electrons. The van der Waals surface area contributed by atoms with Crippen LogP contribution in [0.25, 0.3) is 0 Å². The molecule has 3 heterocycles. The molecule has 1 unspecified atom stereocenters. The summed E-state index contributed by atoms with van der Waals surface area (Å²) in [5.74, 6) is 1.39. The zero-order valence-electron chi connectivity index (χ0n) is 14.0. The third kappa shape index (κ3) is 3.38. The Morgan fingerprint density at radius 3 is 2.88 bits per heavy atom. The van der Waals surface area contributed by atoms with E-state index in [2.05, 4.69) is 10.3 Å². The molecule has 6 heteroatoms. The fourth-order valence-electron chi connectivity index (χ4n) is 3.41. The number of fused-ring (bicyclic) bond motifs is 1. The maximum atomic E-state index is 12.8. The molecule has 2 amide bonds. The molecule has 4 rings (SSSR count). The Kier molecular flexibility index (Phi) is 4.41. The third-order valence-electron chi connectivity index (χ3n) is 4.63. The van der Waals surface area contributed by atoms with E-state index < -0.39 is 0 Å². The van der Waals surface area contributed by atoms with Crippen LogP contribution in [-0.2, 0) is 0 Å². The minimum absolute atomic E-state index is 0.0691. The van der Waals surface area contributed by atoms with Crippen molar-refractivity contribution in [3.63, 3.8) is 0 Å². The number of amides is 2. The van der Waals surface area contributed by atoms with Crippen LogP contribution in [0.4, 0.5) is 10.5 Å². The SMILES string of the molecule is O=C(Nc1ccc2c(c1)OCCO2)N1CCCCC1c1cccnc1. The highest BCUT2D eigenvalue weighted by molar-refractivity contribution is 5.90. The highest BCUT2D eigenvalue weighted by Crippen LogP contribution is 2.34. The van der Waals surface area contributed by atoms with Crippen molar-refractivity contribution in [3.8, 4) is 11.5 Å². The first-order valence-electron chi connectivity index (χ1n) is 8.68. The van der Waals surface area contributed by atoms with Gasteiger partial charge in [-0.3, -0.25) is 4.98 Å². The molecular weight excluding hydrogens is 318 g/mol. The molecule has 1 aromatic heterocycles. The van der Waals surface area contributed by atoms with Crippen molar-refractivity contribution in [1.29, 1.82) is 0 Å². The molecule has 2 aromatic rings. The van der Waals surface area contributed by atoms with Gasteiger partial charge in [0.05, 0.1) is 6.04 Å². The van der Waals surface area contributed by atoms with Crippen LogP contribution in [0.1, 0.15) is 30.9 Å². The number of nitrogens with one attached hydrogen (secondary N) is 1. The summed E-state index contributed by atoms with van der Waals surface area (Å²) < 4.78 is 11.1. The first-order valence-corrected chi connectivity index (χ1v) is 8.68. The topological polar surface area (TPSA) is 63.7 Å². The summed E-state index contributed by atoms with van der Waals surface area (Å²) in [7, 11) is 0. The number of pyridine rings is 1. The number of anilines is 1. The highest BCUT2D eigenvalue weighted by Gasteiger charge is 2.28. The molecule has 6 nitrogen and oxygen atoms in total. The van der Waals surface area contributed by atoms with Crippen molar-refractivity contribution in [2.75, 3.05) is 25.1 Å². The number of hydrogen-bond donors (Lipinski definition) is 1. The Labute approximate surface area is 146 Å². The summed E-state index contributed by atoms with van der Waals surface area (Å²) in [6.45, 7) is 1.83. The van der Waals surface area contributed by atoms with Crippen LogP contribution in [0, 0.1) is 0 Å². The normalized spacial score (nSPS) is 19.4. The predicted molar refractivity (Wildman–Crippen MR) is 94.0 cm³/mol. The van der Waals surface area contributed by atoms with Gasteiger partial charge in [-0.2, -0.15) is 0 Å². The molecular formula is C19H21N3O3. The van der Waals surface area contributed by atoms with E-state index >= 15 is 0 Å². The van der Waals surface area contributed by atoms with Gasteiger partial charge in [-0.05, 0) is 43.0 Å². The van der Waals surface area contributed by atoms with Crippen LogP contribution in [0.2, 0.25) is 0 Å². The zero-order valence-corrected chi connectivity index (χ0v) is 14.0. The van der Waals surface area contributed by atoms with E-state index in [1.807, 2.05) is 41.4 Å². The lowest BCUT2D eigenvalue weighted by Crippen LogP contribution is -2.41. The Morgan fingerprint density at radius 1 is 1.16 bits per heavy atom. The molecule has 0 saturated carbocycles. The Bertz CT molecular complexity index is 751. The summed E-state index contributed by atoms with van der Waals surface area (Å²) in [5, 5.41) is 2.99. The molecule has 130 valence electrons. The molecule has 1 fully saturated rings. The lowest BCUT2D eigenvalue weighted by atomic mass is 9.97. The minimum Gasteiger partial charge on any atom is -0.486 e. The molecule has 0 spiro atoms. The molecule has 1 aromatic carbocycles. The van der Waals surface area contributed by atoms with Gasteiger partial charge < -0.3 is 19.7 Å². The number of rotatable bonds is 2. The van der Waals surface area contributed by atoms with Crippen molar-refractivity contribution in [3.05, 3.63) is 48.3 Å². The molecule has 1 saturated heterocycles. The number of urea groups is 1. The van der Waals surface area contributed by atoms with Gasteiger partial charge in [0, 0.05) is 30.7 Å². The van der Waals surface area contributed by atoms with Crippen molar-refractivity contribution < 1.29 is 14.3 Å². The Morgan fingerprint density at radius 2 is 2.04 bits per heavy atom. The van der Waals surface area contributed by atoms with E-state index in [4.69, 9.17) is 9.47 Å². The molecule has 2 aliphatic heterocycles. The van der Waals surface area contributed by atoms with Crippen LogP contribution < -0.4 is 14.8 Å². The van der Waals surface area contributed by atoms with Crippen molar-refractivity contribution in [2.24, 2.45) is 0 Å². The molecule has 2 aliphatic rings. The molecule has 25 heavy (non-hydrogen) atoms. The average molecular weight is 339 g/mol. The van der Waals surface area contributed by atoms with Crippen LogP contribution in [0.15, 0.2) is 42.7 Å². The van der Waals surface area contributed by atoms with Crippen LogP contribution in [0.5, 0.6) is 11.5 Å². The first-order chi connectivity index (χ1) is 12.3. The first kappa shape index (κ1) is 15.7. The van der Waals surface area contributed by atoms with Crippen molar-refractivity contribution >= 4 is 11.7 Å². The van der Waals surface area contributed by atoms with E-state index in [1.165, 1.54) is 0 Å². The third-order valence-corrected chi connectivity index (χ3v) is 4.63.